The molecule has 12 heteroatoms. The number of thiophene rings is 1. The van der Waals surface area contributed by atoms with Crippen LogP contribution in [-0.2, 0) is 0 Å². The van der Waals surface area contributed by atoms with Gasteiger partial charge in [0.2, 0.25) is 0 Å². The fourth-order valence-corrected chi connectivity index (χ4v) is 6.01. The van der Waals surface area contributed by atoms with Crippen LogP contribution >= 0.6 is 23.1 Å². The Morgan fingerprint density at radius 2 is 1.89 bits per heavy atom. The third kappa shape index (κ3) is 3.74. The summed E-state index contributed by atoms with van der Waals surface area (Å²) in [6, 6.07) is 9.56. The highest BCUT2D eigenvalue weighted by Gasteiger charge is 2.25. The standard InChI is InChI=1S/C24H18N4O6S2/c1-11-19-22(36-20(11)21(31)25-13-3-5-17-18(9-13)34-7-6-33-17)26-24-28(23(19)32)27-14(10-35-24)12-2-4-15(29)16(30)8-12/h2-5,8-9,29-30H,6-7,10H2,1H3,(H,25,31). The number of thioether (sulfide) groups is 1. The molecule has 6 rings (SSSR count). The van der Waals surface area contributed by atoms with E-state index in [0.717, 1.165) is 11.3 Å². The van der Waals surface area contributed by atoms with E-state index in [2.05, 4.69) is 15.4 Å². The summed E-state index contributed by atoms with van der Waals surface area (Å²) in [7, 11) is 0. The van der Waals surface area contributed by atoms with Gasteiger partial charge in [-0.3, -0.25) is 9.59 Å². The number of nitrogens with one attached hydrogen (secondary N) is 1. The van der Waals surface area contributed by atoms with Gasteiger partial charge < -0.3 is 25.0 Å². The Balaban J connectivity index is 1.36. The fourth-order valence-electron chi connectivity index (χ4n) is 3.99. The first-order valence-electron chi connectivity index (χ1n) is 10.9. The van der Waals surface area contributed by atoms with Crippen molar-refractivity contribution in [1.82, 2.24) is 9.66 Å². The van der Waals surface area contributed by atoms with Crippen molar-refractivity contribution in [3.63, 3.8) is 0 Å². The van der Waals surface area contributed by atoms with Crippen molar-refractivity contribution in [1.29, 1.82) is 0 Å². The lowest BCUT2D eigenvalue weighted by atomic mass is 10.1. The van der Waals surface area contributed by atoms with Gasteiger partial charge in [-0.1, -0.05) is 11.8 Å². The van der Waals surface area contributed by atoms with Crippen LogP contribution in [0.4, 0.5) is 5.69 Å². The summed E-state index contributed by atoms with van der Waals surface area (Å²) in [5, 5.41) is 27.5. The van der Waals surface area contributed by atoms with Gasteiger partial charge in [-0.15, -0.1) is 11.3 Å². The largest absolute Gasteiger partial charge is 0.504 e. The van der Waals surface area contributed by atoms with Crippen molar-refractivity contribution in [3.05, 3.63) is 62.8 Å². The zero-order chi connectivity index (χ0) is 25.0. The number of nitrogens with zero attached hydrogens (tertiary/aromatic N) is 3. The molecular formula is C24H18N4O6S2. The van der Waals surface area contributed by atoms with Gasteiger partial charge in [0.15, 0.2) is 28.2 Å². The monoisotopic (exact) mass is 522 g/mol. The number of fused-ring (bicyclic) bond motifs is 3. The molecule has 0 saturated carbocycles. The molecule has 4 aromatic rings. The molecule has 0 saturated heterocycles. The lowest BCUT2D eigenvalue weighted by Crippen LogP contribution is -2.25. The number of rotatable bonds is 3. The first-order chi connectivity index (χ1) is 17.4. The molecule has 1 amide bonds. The highest BCUT2D eigenvalue weighted by Crippen LogP contribution is 2.35. The number of hydrogen-bond donors (Lipinski definition) is 3. The number of aromatic hydroxyl groups is 2. The number of phenols is 2. The Kier molecular flexibility index (Phi) is 5.34. The van der Waals surface area contributed by atoms with Gasteiger partial charge in [0.25, 0.3) is 11.5 Å². The Labute approximate surface area is 211 Å². The van der Waals surface area contributed by atoms with E-state index in [1.165, 1.54) is 28.6 Å². The Hall–Kier alpha value is -4.03. The number of benzene rings is 2. The number of anilines is 1. The number of carbonyl (C=O) groups excluding carboxylic acids is 1. The third-order valence-electron chi connectivity index (χ3n) is 5.79. The van der Waals surface area contributed by atoms with Crippen LogP contribution in [0.3, 0.4) is 0 Å². The molecule has 36 heavy (non-hydrogen) atoms. The minimum absolute atomic E-state index is 0.236. The molecule has 0 spiro atoms. The molecule has 0 bridgehead atoms. The van der Waals surface area contributed by atoms with Gasteiger partial charge in [-0.25, -0.2) is 4.98 Å². The van der Waals surface area contributed by atoms with Gasteiger partial charge in [-0.05, 0) is 42.8 Å². The van der Waals surface area contributed by atoms with Gasteiger partial charge >= 0.3 is 0 Å². The molecule has 0 fully saturated rings. The predicted molar refractivity (Wildman–Crippen MR) is 136 cm³/mol. The van der Waals surface area contributed by atoms with Gasteiger partial charge in [0, 0.05) is 23.1 Å². The number of ether oxygens (including phenoxy) is 2. The lowest BCUT2D eigenvalue weighted by Gasteiger charge is -2.18. The number of aromatic nitrogens is 2. The van der Waals surface area contributed by atoms with Crippen LogP contribution in [0.5, 0.6) is 23.0 Å². The van der Waals surface area contributed by atoms with Gasteiger partial charge in [0.05, 0.1) is 16.0 Å². The Morgan fingerprint density at radius 1 is 1.08 bits per heavy atom. The van der Waals surface area contributed by atoms with Gasteiger partial charge in [0.1, 0.15) is 18.0 Å². The summed E-state index contributed by atoms with van der Waals surface area (Å²) in [6.45, 7) is 2.63. The van der Waals surface area contributed by atoms with E-state index in [-0.39, 0.29) is 23.0 Å². The summed E-state index contributed by atoms with van der Waals surface area (Å²) in [5.74, 6) is 0.747. The summed E-state index contributed by atoms with van der Waals surface area (Å²) >= 11 is 2.48. The van der Waals surface area contributed by atoms with E-state index >= 15 is 0 Å². The first-order valence-corrected chi connectivity index (χ1v) is 12.7. The van der Waals surface area contributed by atoms with E-state index in [9.17, 15) is 19.8 Å². The van der Waals surface area contributed by atoms with Crippen LogP contribution < -0.4 is 20.3 Å². The molecule has 2 aromatic heterocycles. The summed E-state index contributed by atoms with van der Waals surface area (Å²) in [5.41, 5.74) is 1.82. The predicted octanol–water partition coefficient (Wildman–Crippen LogP) is 3.56. The quantitative estimate of drug-likeness (QED) is 0.275. The molecule has 10 nitrogen and oxygen atoms in total. The minimum atomic E-state index is -0.380. The minimum Gasteiger partial charge on any atom is -0.504 e. The van der Waals surface area contributed by atoms with Crippen LogP contribution in [0.15, 0.2) is 51.5 Å². The first kappa shape index (κ1) is 22.4. The molecule has 2 aliphatic heterocycles. The fraction of sp³-hybridized carbons (Fsp3) is 0.167. The molecule has 4 heterocycles. The Morgan fingerprint density at radius 3 is 2.69 bits per heavy atom. The number of hydrogen-bond acceptors (Lipinski definition) is 10. The zero-order valence-corrected chi connectivity index (χ0v) is 20.4. The summed E-state index contributed by atoms with van der Waals surface area (Å²) < 4.78 is 12.3. The van der Waals surface area contributed by atoms with Gasteiger partial charge in [-0.2, -0.15) is 9.78 Å². The molecule has 0 radical (unpaired) electrons. The maximum atomic E-state index is 13.4. The van der Waals surface area contributed by atoms with E-state index in [0.29, 0.717) is 73.2 Å². The van der Waals surface area contributed by atoms with Crippen LogP contribution in [0.1, 0.15) is 20.8 Å². The van der Waals surface area contributed by atoms with Crippen molar-refractivity contribution in [2.45, 2.75) is 12.1 Å². The van der Waals surface area contributed by atoms with Crippen LogP contribution in [0, 0.1) is 6.92 Å². The summed E-state index contributed by atoms with van der Waals surface area (Å²) in [6.07, 6.45) is 0. The Bertz CT molecular complexity index is 1660. The molecule has 0 unspecified atom stereocenters. The van der Waals surface area contributed by atoms with Crippen molar-refractivity contribution >= 4 is 50.6 Å². The maximum absolute atomic E-state index is 13.4. The average Bonchev–Trinajstić information content (AvgIpc) is 3.22. The van der Waals surface area contributed by atoms with Crippen molar-refractivity contribution < 1.29 is 24.5 Å². The second kappa shape index (κ2) is 8.57. The molecule has 0 aliphatic carbocycles. The molecule has 2 aliphatic rings. The van der Waals surface area contributed by atoms with E-state index in [4.69, 9.17) is 9.47 Å². The highest BCUT2D eigenvalue weighted by molar-refractivity contribution is 7.99. The molecular weight excluding hydrogens is 504 g/mol. The van der Waals surface area contributed by atoms with E-state index in [1.807, 2.05) is 0 Å². The van der Waals surface area contributed by atoms with Crippen LogP contribution in [-0.4, -0.2) is 50.5 Å². The van der Waals surface area contributed by atoms with Crippen molar-refractivity contribution in [3.8, 4) is 23.0 Å². The zero-order valence-electron chi connectivity index (χ0n) is 18.8. The molecule has 3 N–H and O–H groups in total. The lowest BCUT2D eigenvalue weighted by molar-refractivity contribution is 0.103. The average molecular weight is 523 g/mol. The van der Waals surface area contributed by atoms with Crippen LogP contribution in [0.25, 0.3) is 10.2 Å². The van der Waals surface area contributed by atoms with Crippen molar-refractivity contribution in [2.75, 3.05) is 24.3 Å². The molecule has 0 atom stereocenters. The second-order valence-electron chi connectivity index (χ2n) is 8.10. The van der Waals surface area contributed by atoms with E-state index < -0.39 is 0 Å². The number of amides is 1. The normalized spacial score (nSPS) is 14.3. The number of phenolic OH excluding ortho intramolecular Hbond substituents is 2. The summed E-state index contributed by atoms with van der Waals surface area (Å²) in [4.78, 5) is 32.0. The highest BCUT2D eigenvalue weighted by atomic mass is 32.2. The molecule has 2 aromatic carbocycles. The van der Waals surface area contributed by atoms with Crippen LogP contribution in [0.2, 0.25) is 0 Å². The number of aryl methyl sites for hydroxylation is 1. The SMILES string of the molecule is Cc1c(C(=O)Nc2ccc3c(c2)OCCO3)sc2nc3n(c(=O)c12)N=C(c1ccc(O)c(O)c1)CS3. The van der Waals surface area contributed by atoms with E-state index in [1.54, 1.807) is 31.2 Å². The molecule has 182 valence electrons. The maximum Gasteiger partial charge on any atom is 0.283 e. The topological polar surface area (TPSA) is 135 Å². The second-order valence-corrected chi connectivity index (χ2v) is 10.0. The number of carbonyl (C=O) groups is 1. The smallest absolute Gasteiger partial charge is 0.283 e. The van der Waals surface area contributed by atoms with Crippen molar-refractivity contribution in [2.24, 2.45) is 5.10 Å². The third-order valence-corrected chi connectivity index (χ3v) is 7.91.